The summed E-state index contributed by atoms with van der Waals surface area (Å²) in [6.07, 6.45) is 5.38. The molecule has 2 aromatic rings. The van der Waals surface area contributed by atoms with Gasteiger partial charge in [0, 0.05) is 12.1 Å². The first kappa shape index (κ1) is 30.1. The van der Waals surface area contributed by atoms with Gasteiger partial charge in [0.2, 0.25) is 0 Å². The Kier molecular flexibility index (Phi) is 12.3. The van der Waals surface area contributed by atoms with Crippen LogP contribution in [0.4, 0.5) is 0 Å². The molecule has 6 nitrogen and oxygen atoms in total. The van der Waals surface area contributed by atoms with E-state index in [1.165, 1.54) is 5.56 Å². The lowest BCUT2D eigenvalue weighted by Gasteiger charge is -2.25. The van der Waals surface area contributed by atoms with Crippen molar-refractivity contribution in [3.8, 4) is 0 Å². The van der Waals surface area contributed by atoms with Gasteiger partial charge in [-0.1, -0.05) is 62.2 Å². The van der Waals surface area contributed by atoms with Crippen LogP contribution < -0.4 is 5.32 Å². The van der Waals surface area contributed by atoms with Crippen molar-refractivity contribution in [3.63, 3.8) is 0 Å². The second-order valence-electron chi connectivity index (χ2n) is 10.7. The van der Waals surface area contributed by atoms with Crippen molar-refractivity contribution < 1.29 is 24.2 Å². The Hall–Kier alpha value is -3.15. The van der Waals surface area contributed by atoms with E-state index in [4.69, 9.17) is 4.74 Å². The third-order valence-electron chi connectivity index (χ3n) is 6.30. The van der Waals surface area contributed by atoms with Gasteiger partial charge in [0.15, 0.2) is 0 Å². The maximum absolute atomic E-state index is 13.0. The van der Waals surface area contributed by atoms with Gasteiger partial charge < -0.3 is 15.2 Å². The van der Waals surface area contributed by atoms with Gasteiger partial charge in [0.1, 0.15) is 5.60 Å². The summed E-state index contributed by atoms with van der Waals surface area (Å²) in [7, 11) is 0. The van der Waals surface area contributed by atoms with E-state index in [9.17, 15) is 19.5 Å². The van der Waals surface area contributed by atoms with Crippen LogP contribution in [0.2, 0.25) is 0 Å². The quantitative estimate of drug-likeness (QED) is 0.220. The molecule has 2 rings (SSSR count). The van der Waals surface area contributed by atoms with Crippen LogP contribution in [0.3, 0.4) is 0 Å². The Bertz CT molecular complexity index is 979. The Morgan fingerprint density at radius 2 is 1.49 bits per heavy atom. The summed E-state index contributed by atoms with van der Waals surface area (Å²) in [6.45, 7) is 8.09. The number of ether oxygens (including phenoxy) is 1. The van der Waals surface area contributed by atoms with Gasteiger partial charge in [-0.2, -0.15) is 0 Å². The van der Waals surface area contributed by atoms with Crippen LogP contribution in [0.15, 0.2) is 54.6 Å². The molecule has 2 aromatic carbocycles. The summed E-state index contributed by atoms with van der Waals surface area (Å²) in [4.78, 5) is 37.3. The summed E-state index contributed by atoms with van der Waals surface area (Å²) in [6, 6.07) is 17.4. The van der Waals surface area contributed by atoms with Crippen LogP contribution in [-0.4, -0.2) is 35.1 Å². The number of esters is 1. The normalized spacial score (nSPS) is 13.0. The highest BCUT2D eigenvalue weighted by molar-refractivity contribution is 5.94. The minimum absolute atomic E-state index is 0.127. The number of carboxylic acids is 1. The van der Waals surface area contributed by atoms with Crippen LogP contribution in [-0.2, 0) is 27.2 Å². The number of rotatable bonds is 15. The lowest BCUT2D eigenvalue weighted by Crippen LogP contribution is -2.31. The minimum atomic E-state index is -0.883. The molecule has 0 heterocycles. The maximum atomic E-state index is 13.0. The first-order valence-corrected chi connectivity index (χ1v) is 13.5. The fraction of sp³-hybridized carbons (Fsp3) is 0.516. The Morgan fingerprint density at radius 1 is 0.865 bits per heavy atom. The zero-order valence-corrected chi connectivity index (χ0v) is 22.8. The third kappa shape index (κ3) is 11.6. The molecule has 0 saturated heterocycles. The number of carboxylic acid groups (broad SMARTS) is 1. The average Bonchev–Trinajstić information content (AvgIpc) is 2.85. The molecule has 2 N–H and O–H groups in total. The van der Waals surface area contributed by atoms with Crippen LogP contribution in [0, 0.1) is 11.8 Å². The van der Waals surface area contributed by atoms with E-state index in [1.807, 2.05) is 39.0 Å². The summed E-state index contributed by atoms with van der Waals surface area (Å²) < 4.78 is 5.63. The van der Waals surface area contributed by atoms with E-state index >= 15 is 0 Å². The van der Waals surface area contributed by atoms with Gasteiger partial charge >= 0.3 is 11.9 Å². The second kappa shape index (κ2) is 15.2. The van der Waals surface area contributed by atoms with Gasteiger partial charge in [-0.25, -0.2) is 0 Å². The smallest absolute Gasteiger partial charge is 0.309 e. The number of hydrogen-bond donors (Lipinski definition) is 2. The molecule has 0 aliphatic heterocycles. The number of aryl methyl sites for hydroxylation is 2. The van der Waals surface area contributed by atoms with E-state index in [0.29, 0.717) is 44.2 Å². The topological polar surface area (TPSA) is 92.7 Å². The first-order valence-electron chi connectivity index (χ1n) is 13.5. The molecule has 2 unspecified atom stereocenters. The number of nitrogens with one attached hydrogen (secondary N) is 1. The number of carbonyl (C=O) groups is 3. The molecule has 0 aliphatic rings. The van der Waals surface area contributed by atoms with E-state index in [1.54, 1.807) is 12.1 Å². The van der Waals surface area contributed by atoms with E-state index in [2.05, 4.69) is 36.5 Å². The molecule has 2 atom stereocenters. The molecular formula is C31H43NO5. The first-order chi connectivity index (χ1) is 17.6. The Balaban J connectivity index is 1.93. The highest BCUT2D eigenvalue weighted by Gasteiger charge is 2.30. The summed E-state index contributed by atoms with van der Waals surface area (Å²) in [5.41, 5.74) is 2.36. The van der Waals surface area contributed by atoms with Crippen molar-refractivity contribution in [1.82, 2.24) is 5.32 Å². The van der Waals surface area contributed by atoms with Crippen molar-refractivity contribution in [3.05, 3.63) is 71.3 Å². The highest BCUT2D eigenvalue weighted by atomic mass is 16.6. The van der Waals surface area contributed by atoms with Crippen LogP contribution in [0.5, 0.6) is 0 Å². The largest absolute Gasteiger partial charge is 0.481 e. The van der Waals surface area contributed by atoms with Crippen molar-refractivity contribution in [2.45, 2.75) is 84.7 Å². The Morgan fingerprint density at radius 3 is 2.05 bits per heavy atom. The van der Waals surface area contributed by atoms with Gasteiger partial charge in [0.25, 0.3) is 5.91 Å². The Labute approximate surface area is 221 Å². The lowest BCUT2D eigenvalue weighted by atomic mass is 9.86. The number of aliphatic carboxylic acids is 1. The fourth-order valence-corrected chi connectivity index (χ4v) is 4.31. The van der Waals surface area contributed by atoms with Gasteiger partial charge in [-0.15, -0.1) is 0 Å². The average molecular weight is 510 g/mol. The molecule has 202 valence electrons. The number of carbonyl (C=O) groups excluding carboxylic acids is 2. The molecule has 0 aliphatic carbocycles. The molecule has 0 bridgehead atoms. The van der Waals surface area contributed by atoms with Gasteiger partial charge in [0.05, 0.1) is 11.8 Å². The predicted molar refractivity (Wildman–Crippen MR) is 146 cm³/mol. The molecular weight excluding hydrogens is 466 g/mol. The van der Waals surface area contributed by atoms with Crippen molar-refractivity contribution in [2.24, 2.45) is 11.8 Å². The zero-order valence-electron chi connectivity index (χ0n) is 22.8. The van der Waals surface area contributed by atoms with Crippen molar-refractivity contribution in [2.75, 3.05) is 6.54 Å². The van der Waals surface area contributed by atoms with E-state index < -0.39 is 23.4 Å². The predicted octanol–water partition coefficient (Wildman–Crippen LogP) is 6.22. The standard InChI is InChI=1S/C31H43NO5/c1-5-11-23-15-17-24(18-16-23)19-20-26(29(34)35)22-27(30(36)37-31(2,3)4)14-9-10-21-32-28(33)25-12-7-6-8-13-25/h6-8,12-13,15-18,26-27H,5,9-11,14,19-22H2,1-4H3,(H,32,33)(H,34,35). The number of unbranched alkanes of at least 4 members (excludes halogenated alkanes) is 1. The summed E-state index contributed by atoms with van der Waals surface area (Å²) in [5, 5.41) is 12.8. The fourth-order valence-electron chi connectivity index (χ4n) is 4.31. The van der Waals surface area contributed by atoms with Crippen LogP contribution >= 0.6 is 0 Å². The van der Waals surface area contributed by atoms with Crippen LogP contribution in [0.25, 0.3) is 0 Å². The molecule has 37 heavy (non-hydrogen) atoms. The second-order valence-corrected chi connectivity index (χ2v) is 10.7. The summed E-state index contributed by atoms with van der Waals surface area (Å²) >= 11 is 0. The molecule has 0 radical (unpaired) electrons. The maximum Gasteiger partial charge on any atom is 0.309 e. The number of hydrogen-bond acceptors (Lipinski definition) is 4. The lowest BCUT2D eigenvalue weighted by molar-refractivity contribution is -0.161. The molecule has 0 saturated carbocycles. The monoisotopic (exact) mass is 509 g/mol. The minimum Gasteiger partial charge on any atom is -0.481 e. The summed E-state index contributed by atoms with van der Waals surface area (Å²) in [5.74, 6) is -2.50. The van der Waals surface area contributed by atoms with Crippen LogP contribution in [0.1, 0.15) is 87.7 Å². The number of benzene rings is 2. The van der Waals surface area contributed by atoms with E-state index in [0.717, 1.165) is 18.4 Å². The van der Waals surface area contributed by atoms with Gasteiger partial charge in [-0.3, -0.25) is 14.4 Å². The molecule has 0 fully saturated rings. The molecule has 0 spiro atoms. The number of amides is 1. The molecule has 0 aromatic heterocycles. The zero-order chi connectivity index (χ0) is 27.3. The third-order valence-corrected chi connectivity index (χ3v) is 6.30. The molecule has 6 heteroatoms. The molecule has 1 amide bonds. The van der Waals surface area contributed by atoms with E-state index in [-0.39, 0.29) is 18.3 Å². The van der Waals surface area contributed by atoms with Crippen molar-refractivity contribution >= 4 is 17.8 Å². The SMILES string of the molecule is CCCc1ccc(CCC(CC(CCCCNC(=O)c2ccccc2)C(=O)OC(C)(C)C)C(=O)O)cc1. The highest BCUT2D eigenvalue weighted by Crippen LogP contribution is 2.26. The van der Waals surface area contributed by atoms with Gasteiger partial charge in [-0.05, 0) is 82.6 Å². The van der Waals surface area contributed by atoms with Crippen molar-refractivity contribution in [1.29, 1.82) is 0 Å².